The van der Waals surface area contributed by atoms with E-state index in [2.05, 4.69) is 9.98 Å². The molecule has 2 aromatic rings. The summed E-state index contributed by atoms with van der Waals surface area (Å²) in [7, 11) is 0. The molecule has 1 aromatic carbocycles. The van der Waals surface area contributed by atoms with Crippen molar-refractivity contribution in [1.29, 1.82) is 0 Å². The zero-order valence-electron chi connectivity index (χ0n) is 15.5. The third kappa shape index (κ3) is 3.59. The van der Waals surface area contributed by atoms with Gasteiger partial charge in [-0.25, -0.2) is 13.8 Å². The average Bonchev–Trinajstić information content (AvgIpc) is 3.47. The molecule has 4 rings (SSSR count). The minimum Gasteiger partial charge on any atom is -0.462 e. The molecule has 2 heterocycles. The number of ketones is 1. The minimum atomic E-state index is -1.30. The van der Waals surface area contributed by atoms with Crippen molar-refractivity contribution in [2.45, 2.75) is 29.4 Å². The van der Waals surface area contributed by atoms with Crippen molar-refractivity contribution in [2.75, 3.05) is 12.9 Å². The first-order valence-corrected chi connectivity index (χ1v) is 10.6. The van der Waals surface area contributed by atoms with Gasteiger partial charge in [-0.15, -0.1) is 11.8 Å². The van der Waals surface area contributed by atoms with E-state index >= 15 is 0 Å². The first-order valence-electron chi connectivity index (χ1n) is 8.97. The van der Waals surface area contributed by atoms with E-state index in [4.69, 9.17) is 22.1 Å². The lowest BCUT2D eigenvalue weighted by Crippen LogP contribution is -2.39. The maximum absolute atomic E-state index is 14.9. The lowest BCUT2D eigenvalue weighted by molar-refractivity contribution is 0.0988. The third-order valence-electron chi connectivity index (χ3n) is 5.28. The number of fused-ring (bicyclic) bond motifs is 1. The van der Waals surface area contributed by atoms with E-state index in [1.165, 1.54) is 30.1 Å². The van der Waals surface area contributed by atoms with Crippen LogP contribution in [0.4, 0.5) is 8.78 Å². The fourth-order valence-electron chi connectivity index (χ4n) is 3.82. The molecule has 1 fully saturated rings. The lowest BCUT2D eigenvalue weighted by Gasteiger charge is -2.33. The number of thioether (sulfide) groups is 1. The Labute approximate surface area is 175 Å². The number of carbonyl (C=O) groups is 1. The van der Waals surface area contributed by atoms with E-state index < -0.39 is 18.0 Å². The third-order valence-corrected chi connectivity index (χ3v) is 6.33. The van der Waals surface area contributed by atoms with E-state index in [1.54, 1.807) is 18.4 Å². The highest BCUT2D eigenvalue weighted by Gasteiger charge is 2.60. The van der Waals surface area contributed by atoms with Crippen LogP contribution in [0.25, 0.3) is 0 Å². The molecular formula is C20H18ClF2N3O2S. The average molecular weight is 438 g/mol. The molecule has 0 spiro atoms. The van der Waals surface area contributed by atoms with Crippen LogP contribution >= 0.6 is 23.4 Å². The molecule has 2 N–H and O–H groups in total. The number of nitrogens with two attached hydrogens (primary N) is 1. The largest absolute Gasteiger partial charge is 0.462 e. The fraction of sp³-hybridized carbons (Fsp3) is 0.350. The fourth-order valence-corrected chi connectivity index (χ4v) is 4.65. The first kappa shape index (κ1) is 20.1. The van der Waals surface area contributed by atoms with Gasteiger partial charge in [-0.3, -0.25) is 9.78 Å². The summed E-state index contributed by atoms with van der Waals surface area (Å²) < 4.78 is 34.7. The molecule has 152 valence electrons. The Balaban J connectivity index is 1.75. The van der Waals surface area contributed by atoms with E-state index in [-0.39, 0.29) is 35.9 Å². The van der Waals surface area contributed by atoms with Crippen LogP contribution in [0.2, 0.25) is 5.02 Å². The van der Waals surface area contributed by atoms with Gasteiger partial charge in [-0.2, -0.15) is 0 Å². The SMILES string of the molecule is CSc1c(F)cc(CC(=O)c2ccc(Cl)cn2)cc1[C@@]1(CF)N=C(N)OC2C[C@@H]21. The van der Waals surface area contributed by atoms with E-state index in [0.29, 0.717) is 27.5 Å². The van der Waals surface area contributed by atoms with Gasteiger partial charge in [0.1, 0.15) is 29.8 Å². The molecule has 29 heavy (non-hydrogen) atoms. The first-order chi connectivity index (χ1) is 13.9. The van der Waals surface area contributed by atoms with E-state index in [0.717, 1.165) is 0 Å². The number of carbonyl (C=O) groups excluding carboxylic acids is 1. The molecule has 1 aliphatic heterocycles. The number of halogens is 3. The van der Waals surface area contributed by atoms with Crippen molar-refractivity contribution in [3.05, 3.63) is 58.1 Å². The zero-order chi connectivity index (χ0) is 20.8. The normalized spacial score (nSPS) is 25.0. The van der Waals surface area contributed by atoms with Gasteiger partial charge in [-0.05, 0) is 42.0 Å². The van der Waals surface area contributed by atoms with Crippen molar-refractivity contribution in [2.24, 2.45) is 16.6 Å². The molecule has 0 radical (unpaired) electrons. The van der Waals surface area contributed by atoms with Crippen LogP contribution in [0.1, 0.15) is 28.0 Å². The zero-order valence-corrected chi connectivity index (χ0v) is 17.1. The van der Waals surface area contributed by atoms with Crippen LogP contribution < -0.4 is 5.73 Å². The second kappa shape index (κ2) is 7.57. The van der Waals surface area contributed by atoms with E-state index in [9.17, 15) is 13.6 Å². The smallest absolute Gasteiger partial charge is 0.283 e. The molecule has 9 heteroatoms. The molecule has 1 saturated carbocycles. The van der Waals surface area contributed by atoms with Gasteiger partial charge in [-0.1, -0.05) is 17.7 Å². The number of alkyl halides is 1. The number of amidine groups is 1. The van der Waals surface area contributed by atoms with Gasteiger partial charge in [0.25, 0.3) is 6.02 Å². The monoisotopic (exact) mass is 437 g/mol. The van der Waals surface area contributed by atoms with Crippen molar-refractivity contribution in [3.8, 4) is 0 Å². The van der Waals surface area contributed by atoms with Crippen molar-refractivity contribution < 1.29 is 18.3 Å². The van der Waals surface area contributed by atoms with Crippen molar-refractivity contribution in [1.82, 2.24) is 4.98 Å². The summed E-state index contributed by atoms with van der Waals surface area (Å²) in [5.41, 5.74) is 5.51. The van der Waals surface area contributed by atoms with Gasteiger partial charge in [0.15, 0.2) is 5.78 Å². The quantitative estimate of drug-likeness (QED) is 0.547. The summed E-state index contributed by atoms with van der Waals surface area (Å²) in [6.45, 7) is -0.832. The number of benzene rings is 1. The van der Waals surface area contributed by atoms with Crippen LogP contribution in [-0.4, -0.2) is 35.8 Å². The molecule has 0 bridgehead atoms. The van der Waals surface area contributed by atoms with Gasteiger partial charge < -0.3 is 10.5 Å². The number of aliphatic imine (C=N–C) groups is 1. The lowest BCUT2D eigenvalue weighted by atomic mass is 9.84. The minimum absolute atomic E-state index is 0.0840. The number of Topliss-reactive ketones (excluding diaryl/α,β-unsaturated/α-hetero) is 1. The highest BCUT2D eigenvalue weighted by Crippen LogP contribution is 2.55. The predicted molar refractivity (Wildman–Crippen MR) is 108 cm³/mol. The Bertz CT molecular complexity index is 1000. The predicted octanol–water partition coefficient (Wildman–Crippen LogP) is 3.92. The Morgan fingerprint density at radius 2 is 2.24 bits per heavy atom. The number of nitrogens with zero attached hydrogens (tertiary/aromatic N) is 2. The summed E-state index contributed by atoms with van der Waals surface area (Å²) in [6.07, 6.45) is 3.39. The molecular weight excluding hydrogens is 420 g/mol. The van der Waals surface area contributed by atoms with Crippen LogP contribution in [0.15, 0.2) is 40.4 Å². The number of pyridine rings is 1. The molecule has 2 aliphatic rings. The van der Waals surface area contributed by atoms with Crippen LogP contribution in [0.5, 0.6) is 0 Å². The maximum atomic E-state index is 14.9. The molecule has 0 saturated heterocycles. The molecule has 1 aromatic heterocycles. The molecule has 1 unspecified atom stereocenters. The number of rotatable bonds is 6. The van der Waals surface area contributed by atoms with Crippen LogP contribution in [-0.2, 0) is 16.7 Å². The van der Waals surface area contributed by atoms with Gasteiger partial charge in [0.05, 0.1) is 5.02 Å². The standard InChI is InChI=1S/C20H18ClF2N3O2S/c1-29-18-13(20(9-22)12-7-17(12)28-19(24)26-20)4-10(5-14(18)23)6-16(27)15-3-2-11(21)8-25-15/h2-5,8,12,17H,6-7,9H2,1H3,(H2,24,26)/t12-,17?,20-/m0/s1. The Morgan fingerprint density at radius 1 is 1.45 bits per heavy atom. The van der Waals surface area contributed by atoms with E-state index in [1.807, 2.05) is 0 Å². The topological polar surface area (TPSA) is 77.6 Å². The Hall–Kier alpha value is -2.19. The second-order valence-corrected chi connectivity index (χ2v) is 8.38. The Kier molecular flexibility index (Phi) is 5.25. The number of hydrogen-bond donors (Lipinski definition) is 1. The van der Waals surface area contributed by atoms with Crippen molar-refractivity contribution >= 4 is 35.2 Å². The Morgan fingerprint density at radius 3 is 2.90 bits per heavy atom. The summed E-state index contributed by atoms with van der Waals surface area (Å²) in [4.78, 5) is 21.2. The van der Waals surface area contributed by atoms with Gasteiger partial charge in [0.2, 0.25) is 0 Å². The number of ether oxygens (including phenoxy) is 1. The summed E-state index contributed by atoms with van der Waals surface area (Å²) >= 11 is 6.98. The molecule has 0 amide bonds. The van der Waals surface area contributed by atoms with Crippen molar-refractivity contribution in [3.63, 3.8) is 0 Å². The summed E-state index contributed by atoms with van der Waals surface area (Å²) in [5, 5.41) is 0.415. The van der Waals surface area contributed by atoms with Crippen LogP contribution in [0, 0.1) is 11.7 Å². The molecule has 5 nitrogen and oxygen atoms in total. The summed E-state index contributed by atoms with van der Waals surface area (Å²) in [6, 6.07) is 5.93. The molecule has 1 aliphatic carbocycles. The highest BCUT2D eigenvalue weighted by atomic mass is 35.5. The maximum Gasteiger partial charge on any atom is 0.283 e. The molecule has 3 atom stereocenters. The van der Waals surface area contributed by atoms with Gasteiger partial charge >= 0.3 is 0 Å². The number of hydrogen-bond acceptors (Lipinski definition) is 6. The second-order valence-electron chi connectivity index (χ2n) is 7.13. The van der Waals surface area contributed by atoms with Crippen LogP contribution in [0.3, 0.4) is 0 Å². The summed E-state index contributed by atoms with van der Waals surface area (Å²) in [5.74, 6) is -1.03. The number of aromatic nitrogens is 1. The highest BCUT2D eigenvalue weighted by molar-refractivity contribution is 7.98. The van der Waals surface area contributed by atoms with Gasteiger partial charge in [0, 0.05) is 23.4 Å².